The zero-order chi connectivity index (χ0) is 13.7. The van der Waals surface area contributed by atoms with Crippen molar-refractivity contribution >= 4 is 5.97 Å². The minimum Gasteiger partial charge on any atom is -0.478 e. The van der Waals surface area contributed by atoms with E-state index in [9.17, 15) is 4.79 Å². The van der Waals surface area contributed by atoms with Crippen LogP contribution in [0.4, 0.5) is 0 Å². The number of aromatic carboxylic acids is 1. The zero-order valence-electron chi connectivity index (χ0n) is 10.6. The molecule has 0 radical (unpaired) electrons. The van der Waals surface area contributed by atoms with Crippen LogP contribution in [0.3, 0.4) is 0 Å². The Bertz CT molecular complexity index is 570. The number of nitrogens with one attached hydrogen (secondary N) is 1. The maximum Gasteiger partial charge on any atom is 0.337 e. The molecule has 0 aromatic carbocycles. The van der Waals surface area contributed by atoms with Gasteiger partial charge in [0, 0.05) is 25.5 Å². The lowest BCUT2D eigenvalue weighted by atomic mass is 10.1. The summed E-state index contributed by atoms with van der Waals surface area (Å²) in [7, 11) is 0. The van der Waals surface area contributed by atoms with Gasteiger partial charge in [0.05, 0.1) is 17.0 Å². The standard InChI is InChI=1S/C14H15N3O2/c1-10-6-12(17-9-13(10)14(18)19)8-15-7-11-4-2-3-5-16-11/h2-6,9,15H,7-8H2,1H3,(H,18,19). The first-order chi connectivity index (χ1) is 9.16. The van der Waals surface area contributed by atoms with Crippen molar-refractivity contribution in [1.29, 1.82) is 0 Å². The van der Waals surface area contributed by atoms with E-state index in [-0.39, 0.29) is 5.56 Å². The monoisotopic (exact) mass is 257 g/mol. The molecule has 0 aliphatic rings. The number of hydrogen-bond donors (Lipinski definition) is 2. The van der Waals surface area contributed by atoms with Crippen molar-refractivity contribution in [3.8, 4) is 0 Å². The molecule has 0 saturated heterocycles. The molecular formula is C14H15N3O2. The van der Waals surface area contributed by atoms with Gasteiger partial charge in [-0.25, -0.2) is 4.79 Å². The Morgan fingerprint density at radius 1 is 1.26 bits per heavy atom. The Labute approximate surface area is 111 Å². The fourth-order valence-electron chi connectivity index (χ4n) is 1.76. The number of aromatic nitrogens is 2. The number of hydrogen-bond acceptors (Lipinski definition) is 4. The van der Waals surface area contributed by atoms with Gasteiger partial charge in [-0.05, 0) is 30.7 Å². The molecule has 0 bridgehead atoms. The molecule has 2 heterocycles. The van der Waals surface area contributed by atoms with E-state index in [2.05, 4.69) is 15.3 Å². The topological polar surface area (TPSA) is 75.1 Å². The van der Waals surface area contributed by atoms with Gasteiger partial charge in [-0.3, -0.25) is 9.97 Å². The van der Waals surface area contributed by atoms with Gasteiger partial charge in [0.25, 0.3) is 0 Å². The highest BCUT2D eigenvalue weighted by atomic mass is 16.4. The average molecular weight is 257 g/mol. The van der Waals surface area contributed by atoms with Crippen LogP contribution < -0.4 is 5.32 Å². The first-order valence-corrected chi connectivity index (χ1v) is 5.96. The zero-order valence-corrected chi connectivity index (χ0v) is 10.6. The highest BCUT2D eigenvalue weighted by Crippen LogP contribution is 2.08. The Morgan fingerprint density at radius 2 is 2.05 bits per heavy atom. The third-order valence-corrected chi connectivity index (χ3v) is 2.74. The van der Waals surface area contributed by atoms with Gasteiger partial charge in [-0.15, -0.1) is 0 Å². The molecule has 2 N–H and O–H groups in total. The molecule has 2 rings (SSSR count). The van der Waals surface area contributed by atoms with Crippen LogP contribution in [0.15, 0.2) is 36.7 Å². The predicted octanol–water partition coefficient (Wildman–Crippen LogP) is 1.77. The minimum atomic E-state index is -0.946. The lowest BCUT2D eigenvalue weighted by Gasteiger charge is -2.06. The van der Waals surface area contributed by atoms with E-state index in [0.29, 0.717) is 13.1 Å². The largest absolute Gasteiger partial charge is 0.478 e. The van der Waals surface area contributed by atoms with Gasteiger partial charge in [0.15, 0.2) is 0 Å². The Hall–Kier alpha value is -2.27. The maximum absolute atomic E-state index is 10.9. The molecule has 0 fully saturated rings. The van der Waals surface area contributed by atoms with Crippen molar-refractivity contribution < 1.29 is 9.90 Å². The fraction of sp³-hybridized carbons (Fsp3) is 0.214. The normalized spacial score (nSPS) is 10.4. The number of carboxylic acids is 1. The second-order valence-corrected chi connectivity index (χ2v) is 4.22. The molecule has 98 valence electrons. The summed E-state index contributed by atoms with van der Waals surface area (Å²) >= 11 is 0. The lowest BCUT2D eigenvalue weighted by molar-refractivity contribution is 0.0695. The summed E-state index contributed by atoms with van der Waals surface area (Å²) in [5, 5.41) is 12.1. The number of carboxylic acid groups (broad SMARTS) is 1. The highest BCUT2D eigenvalue weighted by Gasteiger charge is 2.08. The second kappa shape index (κ2) is 6.06. The molecule has 0 unspecified atom stereocenters. The van der Waals surface area contributed by atoms with Crippen LogP contribution >= 0.6 is 0 Å². The smallest absolute Gasteiger partial charge is 0.337 e. The molecule has 0 saturated carbocycles. The van der Waals surface area contributed by atoms with E-state index < -0.39 is 5.97 Å². The number of aryl methyl sites for hydroxylation is 1. The quantitative estimate of drug-likeness (QED) is 0.853. The Kier molecular flexibility index (Phi) is 4.20. The Balaban J connectivity index is 1.93. The lowest BCUT2D eigenvalue weighted by Crippen LogP contribution is -2.15. The predicted molar refractivity (Wildman–Crippen MR) is 70.7 cm³/mol. The van der Waals surface area contributed by atoms with Crippen molar-refractivity contribution in [3.05, 3.63) is 59.2 Å². The molecule has 0 atom stereocenters. The average Bonchev–Trinajstić information content (AvgIpc) is 2.39. The molecule has 0 aliphatic carbocycles. The van der Waals surface area contributed by atoms with Crippen LogP contribution in [0.1, 0.15) is 27.3 Å². The minimum absolute atomic E-state index is 0.244. The van der Waals surface area contributed by atoms with Crippen LogP contribution in [0.2, 0.25) is 0 Å². The van der Waals surface area contributed by atoms with Crippen molar-refractivity contribution in [2.24, 2.45) is 0 Å². The molecule has 2 aromatic rings. The third-order valence-electron chi connectivity index (χ3n) is 2.74. The molecular weight excluding hydrogens is 242 g/mol. The summed E-state index contributed by atoms with van der Waals surface area (Å²) in [6.07, 6.45) is 3.15. The number of nitrogens with zero attached hydrogens (tertiary/aromatic N) is 2. The molecule has 0 aliphatic heterocycles. The van der Waals surface area contributed by atoms with Gasteiger partial charge in [0.2, 0.25) is 0 Å². The van der Waals surface area contributed by atoms with Crippen molar-refractivity contribution in [3.63, 3.8) is 0 Å². The van der Waals surface area contributed by atoms with Crippen molar-refractivity contribution in [2.75, 3.05) is 0 Å². The first-order valence-electron chi connectivity index (χ1n) is 5.96. The maximum atomic E-state index is 10.9. The second-order valence-electron chi connectivity index (χ2n) is 4.22. The summed E-state index contributed by atoms with van der Waals surface area (Å²) < 4.78 is 0. The SMILES string of the molecule is Cc1cc(CNCc2ccccn2)ncc1C(=O)O. The van der Waals surface area contributed by atoms with Gasteiger partial charge in [-0.1, -0.05) is 6.07 Å². The van der Waals surface area contributed by atoms with E-state index in [1.165, 1.54) is 6.20 Å². The van der Waals surface area contributed by atoms with Crippen LogP contribution in [-0.4, -0.2) is 21.0 Å². The molecule has 2 aromatic heterocycles. The number of pyridine rings is 2. The van der Waals surface area contributed by atoms with Gasteiger partial charge in [0.1, 0.15) is 0 Å². The van der Waals surface area contributed by atoms with E-state index in [4.69, 9.17) is 5.11 Å². The first kappa shape index (κ1) is 13.2. The molecule has 5 heteroatoms. The van der Waals surface area contributed by atoms with Crippen LogP contribution in [0, 0.1) is 6.92 Å². The third kappa shape index (κ3) is 3.59. The molecule has 19 heavy (non-hydrogen) atoms. The number of carbonyl (C=O) groups is 1. The summed E-state index contributed by atoms with van der Waals surface area (Å²) in [4.78, 5) is 19.2. The number of rotatable bonds is 5. The van der Waals surface area contributed by atoms with E-state index in [0.717, 1.165) is 17.0 Å². The van der Waals surface area contributed by atoms with E-state index >= 15 is 0 Å². The summed E-state index contributed by atoms with van der Waals surface area (Å²) in [6, 6.07) is 7.54. The van der Waals surface area contributed by atoms with Gasteiger partial charge >= 0.3 is 5.97 Å². The summed E-state index contributed by atoms with van der Waals surface area (Å²) in [6.45, 7) is 3.01. The van der Waals surface area contributed by atoms with Crippen LogP contribution in [0.25, 0.3) is 0 Å². The van der Waals surface area contributed by atoms with Crippen molar-refractivity contribution in [2.45, 2.75) is 20.0 Å². The van der Waals surface area contributed by atoms with E-state index in [1.54, 1.807) is 19.2 Å². The van der Waals surface area contributed by atoms with Crippen LogP contribution in [-0.2, 0) is 13.1 Å². The molecule has 5 nitrogen and oxygen atoms in total. The summed E-state index contributed by atoms with van der Waals surface area (Å²) in [5.74, 6) is -0.946. The molecule has 0 spiro atoms. The van der Waals surface area contributed by atoms with Crippen molar-refractivity contribution in [1.82, 2.24) is 15.3 Å². The van der Waals surface area contributed by atoms with Gasteiger partial charge < -0.3 is 10.4 Å². The van der Waals surface area contributed by atoms with Gasteiger partial charge in [-0.2, -0.15) is 0 Å². The fourth-order valence-corrected chi connectivity index (χ4v) is 1.76. The highest BCUT2D eigenvalue weighted by molar-refractivity contribution is 5.88. The van der Waals surface area contributed by atoms with E-state index in [1.807, 2.05) is 18.2 Å². The summed E-state index contributed by atoms with van der Waals surface area (Å²) in [5.41, 5.74) is 2.74. The Morgan fingerprint density at radius 3 is 2.68 bits per heavy atom. The van der Waals surface area contributed by atoms with Crippen LogP contribution in [0.5, 0.6) is 0 Å². The molecule has 0 amide bonds.